The fourth-order valence-electron chi connectivity index (χ4n) is 1.18. The van der Waals surface area contributed by atoms with Gasteiger partial charge in [0.2, 0.25) is 0 Å². The van der Waals surface area contributed by atoms with Crippen LogP contribution >= 0.6 is 0 Å². The van der Waals surface area contributed by atoms with E-state index in [0.717, 1.165) is 11.8 Å². The van der Waals surface area contributed by atoms with Crippen LogP contribution in [0.5, 0.6) is 0 Å². The zero-order valence-corrected chi connectivity index (χ0v) is 9.14. The maximum absolute atomic E-state index is 2.32. The van der Waals surface area contributed by atoms with Crippen LogP contribution in [-0.2, 0) is 0 Å². The van der Waals surface area contributed by atoms with Crippen molar-refractivity contribution in [2.24, 2.45) is 11.8 Å². The molecule has 0 amide bonds. The summed E-state index contributed by atoms with van der Waals surface area (Å²) in [4.78, 5) is 0. The van der Waals surface area contributed by atoms with Crippen LogP contribution < -0.4 is 0 Å². The van der Waals surface area contributed by atoms with Gasteiger partial charge in [-0.05, 0) is 24.7 Å². The summed E-state index contributed by atoms with van der Waals surface area (Å²) >= 11 is 0. The van der Waals surface area contributed by atoms with Gasteiger partial charge in [-0.15, -0.1) is 0 Å². The molecule has 0 unspecified atom stereocenters. The smallest absolute Gasteiger partial charge is 0.0290 e. The van der Waals surface area contributed by atoms with E-state index in [-0.39, 0.29) is 0 Å². The van der Waals surface area contributed by atoms with Crippen LogP contribution in [0.4, 0.5) is 0 Å². The molecular weight excluding hydrogens is 144 g/mol. The first kappa shape index (κ1) is 11.7. The van der Waals surface area contributed by atoms with Crippen molar-refractivity contribution in [1.29, 1.82) is 0 Å². The van der Waals surface area contributed by atoms with Crippen LogP contribution in [0.2, 0.25) is 0 Å². The predicted octanol–water partition coefficient (Wildman–Crippen LogP) is 4.42. The van der Waals surface area contributed by atoms with E-state index in [1.165, 1.54) is 25.7 Å². The molecule has 0 aliphatic heterocycles. The van der Waals surface area contributed by atoms with Gasteiger partial charge in [0.1, 0.15) is 0 Å². The summed E-state index contributed by atoms with van der Waals surface area (Å²) in [5.41, 5.74) is 0. The second-order valence-corrected chi connectivity index (χ2v) is 4.35. The number of unbranched alkanes of at least 4 members (excludes halogenated alkanes) is 2. The molecule has 0 bridgehead atoms. The van der Waals surface area contributed by atoms with E-state index in [9.17, 15) is 0 Å². The van der Waals surface area contributed by atoms with E-state index in [1.54, 1.807) is 0 Å². The summed E-state index contributed by atoms with van der Waals surface area (Å²) in [7, 11) is 0. The van der Waals surface area contributed by atoms with E-state index >= 15 is 0 Å². The molecule has 0 fully saturated rings. The van der Waals surface area contributed by atoms with Gasteiger partial charge in [-0.3, -0.25) is 0 Å². The Balaban J connectivity index is 3.11. The minimum Gasteiger partial charge on any atom is -0.0883 e. The molecule has 0 N–H and O–H groups in total. The second-order valence-electron chi connectivity index (χ2n) is 4.35. The monoisotopic (exact) mass is 168 g/mol. The van der Waals surface area contributed by atoms with Gasteiger partial charge in [0, 0.05) is 0 Å². The third kappa shape index (κ3) is 9.74. The first-order chi connectivity index (χ1) is 5.63. The standard InChI is InChI=1S/C12H24/c1-11(2)9-7-5-6-8-10-12(3)4/h7,9,11-12H,5-6,8,10H2,1-4H3. The highest BCUT2D eigenvalue weighted by atomic mass is 14.0. The van der Waals surface area contributed by atoms with Crippen LogP contribution in [-0.4, -0.2) is 0 Å². The van der Waals surface area contributed by atoms with E-state index in [4.69, 9.17) is 0 Å². The van der Waals surface area contributed by atoms with Crippen LogP contribution in [0.3, 0.4) is 0 Å². The Morgan fingerprint density at radius 3 is 2.17 bits per heavy atom. The van der Waals surface area contributed by atoms with Gasteiger partial charge in [-0.1, -0.05) is 52.7 Å². The Bertz CT molecular complexity index is 109. The Labute approximate surface area is 78.1 Å². The highest BCUT2D eigenvalue weighted by Gasteiger charge is 1.92. The topological polar surface area (TPSA) is 0 Å². The molecule has 0 heterocycles. The summed E-state index contributed by atoms with van der Waals surface area (Å²) in [6.45, 7) is 9.04. The molecular formula is C12H24. The molecule has 0 aromatic rings. The van der Waals surface area contributed by atoms with Gasteiger partial charge < -0.3 is 0 Å². The van der Waals surface area contributed by atoms with Gasteiger partial charge in [0.25, 0.3) is 0 Å². The molecule has 0 nitrogen and oxygen atoms in total. The quantitative estimate of drug-likeness (QED) is 0.407. The minimum atomic E-state index is 0.718. The summed E-state index contributed by atoms with van der Waals surface area (Å²) in [6, 6.07) is 0. The Morgan fingerprint density at radius 1 is 1.00 bits per heavy atom. The fourth-order valence-corrected chi connectivity index (χ4v) is 1.18. The number of hydrogen-bond donors (Lipinski definition) is 0. The molecule has 72 valence electrons. The van der Waals surface area contributed by atoms with Crippen LogP contribution in [0.25, 0.3) is 0 Å². The Kier molecular flexibility index (Phi) is 7.23. The van der Waals surface area contributed by atoms with Crippen molar-refractivity contribution in [2.75, 3.05) is 0 Å². The maximum Gasteiger partial charge on any atom is -0.0290 e. The summed E-state index contributed by atoms with van der Waals surface area (Å²) in [6.07, 6.45) is 10.0. The molecule has 0 heteroatoms. The lowest BCUT2D eigenvalue weighted by atomic mass is 10.0. The van der Waals surface area contributed by atoms with E-state index in [2.05, 4.69) is 39.8 Å². The zero-order valence-electron chi connectivity index (χ0n) is 9.14. The molecule has 0 aromatic heterocycles. The molecule has 0 saturated heterocycles. The molecule has 0 aliphatic rings. The zero-order chi connectivity index (χ0) is 9.40. The van der Waals surface area contributed by atoms with Crippen LogP contribution in [0, 0.1) is 11.8 Å². The highest BCUT2D eigenvalue weighted by molar-refractivity contribution is 4.83. The van der Waals surface area contributed by atoms with Crippen molar-refractivity contribution in [3.8, 4) is 0 Å². The van der Waals surface area contributed by atoms with Gasteiger partial charge in [-0.25, -0.2) is 0 Å². The average molecular weight is 168 g/mol. The molecule has 0 aromatic carbocycles. The van der Waals surface area contributed by atoms with Crippen LogP contribution in [0.15, 0.2) is 12.2 Å². The first-order valence-electron chi connectivity index (χ1n) is 5.29. The SMILES string of the molecule is CC(C)C=CCCCCC(C)C. The summed E-state index contributed by atoms with van der Waals surface area (Å²) in [5.74, 6) is 1.59. The van der Waals surface area contributed by atoms with Crippen molar-refractivity contribution in [2.45, 2.75) is 53.4 Å². The average Bonchev–Trinajstić information content (AvgIpc) is 1.95. The van der Waals surface area contributed by atoms with Gasteiger partial charge >= 0.3 is 0 Å². The highest BCUT2D eigenvalue weighted by Crippen LogP contribution is 2.08. The van der Waals surface area contributed by atoms with Crippen LogP contribution in [0.1, 0.15) is 53.4 Å². The number of rotatable bonds is 6. The van der Waals surface area contributed by atoms with E-state index in [0.29, 0.717) is 0 Å². The number of allylic oxidation sites excluding steroid dienone is 2. The maximum atomic E-state index is 2.32. The molecule has 0 spiro atoms. The van der Waals surface area contributed by atoms with Crippen molar-refractivity contribution in [3.63, 3.8) is 0 Å². The van der Waals surface area contributed by atoms with Crippen molar-refractivity contribution in [1.82, 2.24) is 0 Å². The summed E-state index contributed by atoms with van der Waals surface area (Å²) < 4.78 is 0. The van der Waals surface area contributed by atoms with E-state index in [1.807, 2.05) is 0 Å². The first-order valence-corrected chi connectivity index (χ1v) is 5.29. The predicted molar refractivity (Wildman–Crippen MR) is 57.3 cm³/mol. The molecule has 0 atom stereocenters. The largest absolute Gasteiger partial charge is 0.0883 e. The molecule has 12 heavy (non-hydrogen) atoms. The van der Waals surface area contributed by atoms with E-state index < -0.39 is 0 Å². The molecule has 0 radical (unpaired) electrons. The van der Waals surface area contributed by atoms with Crippen molar-refractivity contribution >= 4 is 0 Å². The lowest BCUT2D eigenvalue weighted by Crippen LogP contribution is -1.86. The Hall–Kier alpha value is -0.260. The van der Waals surface area contributed by atoms with Gasteiger partial charge in [-0.2, -0.15) is 0 Å². The lowest BCUT2D eigenvalue weighted by Gasteiger charge is -2.01. The number of hydrogen-bond acceptors (Lipinski definition) is 0. The molecule has 0 saturated carbocycles. The molecule has 0 aliphatic carbocycles. The summed E-state index contributed by atoms with van der Waals surface area (Å²) in [5, 5.41) is 0. The third-order valence-electron chi connectivity index (χ3n) is 1.92. The van der Waals surface area contributed by atoms with Gasteiger partial charge in [0.15, 0.2) is 0 Å². The fraction of sp³-hybridized carbons (Fsp3) is 0.833. The van der Waals surface area contributed by atoms with Crippen molar-refractivity contribution < 1.29 is 0 Å². The minimum absolute atomic E-state index is 0.718. The van der Waals surface area contributed by atoms with Crippen molar-refractivity contribution in [3.05, 3.63) is 12.2 Å². The molecule has 0 rings (SSSR count). The Morgan fingerprint density at radius 2 is 1.67 bits per heavy atom. The van der Waals surface area contributed by atoms with Gasteiger partial charge in [0.05, 0.1) is 0 Å². The lowest BCUT2D eigenvalue weighted by molar-refractivity contribution is 0.540. The normalized spacial score (nSPS) is 12.2. The third-order valence-corrected chi connectivity index (χ3v) is 1.92. The second kappa shape index (κ2) is 7.39.